The second-order valence-electron chi connectivity index (χ2n) is 10.8. The smallest absolute Gasteiger partial charge is 0.128 e. The van der Waals surface area contributed by atoms with Crippen molar-refractivity contribution in [2.45, 2.75) is 47.0 Å². The van der Waals surface area contributed by atoms with Crippen LogP contribution in [0.25, 0.3) is 0 Å². The van der Waals surface area contributed by atoms with Gasteiger partial charge in [-0.3, -0.25) is 0 Å². The van der Waals surface area contributed by atoms with Crippen molar-refractivity contribution >= 4 is 0 Å². The lowest BCUT2D eigenvalue weighted by Gasteiger charge is -2.26. The number of benzene rings is 4. The lowest BCUT2D eigenvalue weighted by molar-refractivity contribution is 0.357. The van der Waals surface area contributed by atoms with Gasteiger partial charge in [-0.1, -0.05) is 63.4 Å². The minimum Gasteiger partial charge on any atom is -0.489 e. The molecule has 4 nitrogen and oxygen atoms in total. The van der Waals surface area contributed by atoms with E-state index in [2.05, 4.69) is 51.3 Å². The Morgan fingerprint density at radius 1 is 0.537 bits per heavy atom. The van der Waals surface area contributed by atoms with E-state index in [1.165, 1.54) is 11.1 Å². The molecule has 0 aliphatic heterocycles. The Balaban J connectivity index is 1.45. The van der Waals surface area contributed by atoms with Crippen molar-refractivity contribution in [3.05, 3.63) is 131 Å². The van der Waals surface area contributed by atoms with Crippen LogP contribution in [0.4, 0.5) is 0 Å². The zero-order valence-corrected chi connectivity index (χ0v) is 25.0. The largest absolute Gasteiger partial charge is 0.489 e. The number of hydrogen-bond acceptors (Lipinski definition) is 4. The summed E-state index contributed by atoms with van der Waals surface area (Å²) in [6.07, 6.45) is 3.50. The highest BCUT2D eigenvalue weighted by Crippen LogP contribution is 2.36. The average molecular weight is 549 g/mol. The predicted octanol–water partition coefficient (Wildman–Crippen LogP) is 9.96. The zero-order valence-electron chi connectivity index (χ0n) is 25.0. The van der Waals surface area contributed by atoms with Gasteiger partial charge in [0, 0.05) is 5.41 Å². The number of aryl methyl sites for hydroxylation is 4. The molecule has 212 valence electrons. The van der Waals surface area contributed by atoms with Crippen LogP contribution in [0.15, 0.2) is 98.1 Å². The van der Waals surface area contributed by atoms with E-state index in [0.29, 0.717) is 13.2 Å². The van der Waals surface area contributed by atoms with E-state index in [9.17, 15) is 0 Å². The Bertz CT molecular complexity index is 1350. The van der Waals surface area contributed by atoms with Gasteiger partial charge in [0.2, 0.25) is 0 Å². The first-order valence-electron chi connectivity index (χ1n) is 13.9. The lowest BCUT2D eigenvalue weighted by Crippen LogP contribution is -2.18. The first kappa shape index (κ1) is 29.5. The molecule has 0 fully saturated rings. The second kappa shape index (κ2) is 12.8. The molecule has 0 saturated heterocycles. The van der Waals surface area contributed by atoms with Gasteiger partial charge in [0.25, 0.3) is 0 Å². The molecular weight excluding hydrogens is 508 g/mol. The molecule has 0 aliphatic rings. The van der Waals surface area contributed by atoms with Crippen molar-refractivity contribution in [1.82, 2.24) is 0 Å². The minimum atomic E-state index is -0.203. The Morgan fingerprint density at radius 2 is 0.854 bits per heavy atom. The SMILES string of the molecule is C=CCOc1c(C)cc(Oc2ccc(C(C)(C)c3ccc(Oc4cc(C)c(OCC=C)c(C)c4)cc3)cc2)cc1C. The molecule has 0 aliphatic carbocycles. The van der Waals surface area contributed by atoms with Gasteiger partial charge in [0.15, 0.2) is 0 Å². The van der Waals surface area contributed by atoms with E-state index in [1.807, 2.05) is 76.2 Å². The minimum absolute atomic E-state index is 0.203. The molecule has 4 rings (SSSR count). The van der Waals surface area contributed by atoms with E-state index >= 15 is 0 Å². The van der Waals surface area contributed by atoms with Crippen LogP contribution in [0, 0.1) is 27.7 Å². The highest BCUT2D eigenvalue weighted by atomic mass is 16.5. The van der Waals surface area contributed by atoms with Crippen molar-refractivity contribution in [2.24, 2.45) is 0 Å². The monoisotopic (exact) mass is 548 g/mol. The molecule has 4 heteroatoms. The molecule has 0 bridgehead atoms. The molecule has 0 spiro atoms. The fraction of sp³-hybridized carbons (Fsp3) is 0.243. The topological polar surface area (TPSA) is 36.9 Å². The van der Waals surface area contributed by atoms with Gasteiger partial charge < -0.3 is 18.9 Å². The molecule has 0 atom stereocenters. The molecule has 0 heterocycles. The molecule has 0 radical (unpaired) electrons. The first-order chi connectivity index (χ1) is 19.6. The Labute approximate surface area is 244 Å². The summed E-state index contributed by atoms with van der Waals surface area (Å²) in [5.41, 5.74) is 6.32. The summed E-state index contributed by atoms with van der Waals surface area (Å²) in [6, 6.07) is 24.6. The Morgan fingerprint density at radius 3 is 1.15 bits per heavy atom. The molecule has 0 aromatic heterocycles. The molecular formula is C37H40O4. The summed E-state index contributed by atoms with van der Waals surface area (Å²) in [5, 5.41) is 0. The van der Waals surface area contributed by atoms with Crippen LogP contribution in [0.2, 0.25) is 0 Å². The van der Waals surface area contributed by atoms with Gasteiger partial charge in [-0.2, -0.15) is 0 Å². The first-order valence-corrected chi connectivity index (χ1v) is 13.9. The molecule has 4 aromatic rings. The maximum Gasteiger partial charge on any atom is 0.128 e. The summed E-state index contributed by atoms with van der Waals surface area (Å²) in [5.74, 6) is 4.91. The summed E-state index contributed by atoms with van der Waals surface area (Å²) in [4.78, 5) is 0. The number of hydrogen-bond donors (Lipinski definition) is 0. The third-order valence-electron chi connectivity index (χ3n) is 7.18. The van der Waals surface area contributed by atoms with E-state index < -0.39 is 0 Å². The van der Waals surface area contributed by atoms with Crippen LogP contribution >= 0.6 is 0 Å². The zero-order chi connectivity index (χ0) is 29.6. The molecule has 0 unspecified atom stereocenters. The Hall–Kier alpha value is -4.44. The maximum atomic E-state index is 6.18. The van der Waals surface area contributed by atoms with Gasteiger partial charge >= 0.3 is 0 Å². The highest BCUT2D eigenvalue weighted by molar-refractivity contribution is 5.49. The standard InChI is InChI=1S/C37H40O4/c1-9-19-38-35-25(3)21-33(22-26(35)4)40-31-15-11-29(12-16-31)37(7,8)30-13-17-32(18-14-30)41-34-23-27(5)36(28(6)24-34)39-20-10-2/h9-18,21-24H,1-2,19-20H2,3-8H3. The third kappa shape index (κ3) is 7.01. The summed E-state index contributed by atoms with van der Waals surface area (Å²) >= 11 is 0. The average Bonchev–Trinajstić information content (AvgIpc) is 2.93. The van der Waals surface area contributed by atoms with Crippen LogP contribution in [0.3, 0.4) is 0 Å². The van der Waals surface area contributed by atoms with E-state index in [-0.39, 0.29) is 5.41 Å². The number of rotatable bonds is 12. The van der Waals surface area contributed by atoms with E-state index in [4.69, 9.17) is 18.9 Å². The summed E-state index contributed by atoms with van der Waals surface area (Å²) in [6.45, 7) is 21.0. The summed E-state index contributed by atoms with van der Waals surface area (Å²) in [7, 11) is 0. The van der Waals surface area contributed by atoms with Crippen LogP contribution in [0.5, 0.6) is 34.5 Å². The van der Waals surface area contributed by atoms with Crippen molar-refractivity contribution in [3.63, 3.8) is 0 Å². The molecule has 41 heavy (non-hydrogen) atoms. The maximum absolute atomic E-state index is 6.18. The fourth-order valence-electron chi connectivity index (χ4n) is 5.00. The van der Waals surface area contributed by atoms with Gasteiger partial charge in [0.05, 0.1) is 0 Å². The van der Waals surface area contributed by atoms with Crippen LogP contribution in [-0.4, -0.2) is 13.2 Å². The van der Waals surface area contributed by atoms with Crippen LogP contribution < -0.4 is 18.9 Å². The quantitative estimate of drug-likeness (QED) is 0.165. The normalized spacial score (nSPS) is 11.1. The van der Waals surface area contributed by atoms with Gasteiger partial charge in [-0.25, -0.2) is 0 Å². The molecule has 0 N–H and O–H groups in total. The van der Waals surface area contributed by atoms with Crippen molar-refractivity contribution < 1.29 is 18.9 Å². The molecule has 0 amide bonds. The van der Waals surface area contributed by atoms with Gasteiger partial charge in [-0.05, 0) is 110 Å². The van der Waals surface area contributed by atoms with Gasteiger partial charge in [0.1, 0.15) is 47.7 Å². The summed E-state index contributed by atoms with van der Waals surface area (Å²) < 4.78 is 23.9. The second-order valence-corrected chi connectivity index (χ2v) is 10.8. The van der Waals surface area contributed by atoms with E-state index in [1.54, 1.807) is 12.2 Å². The van der Waals surface area contributed by atoms with Gasteiger partial charge in [-0.15, -0.1) is 0 Å². The van der Waals surface area contributed by atoms with Crippen molar-refractivity contribution in [2.75, 3.05) is 13.2 Å². The third-order valence-corrected chi connectivity index (χ3v) is 7.18. The Kier molecular flexibility index (Phi) is 9.24. The fourth-order valence-corrected chi connectivity index (χ4v) is 5.00. The number of ether oxygens (including phenoxy) is 4. The van der Waals surface area contributed by atoms with E-state index in [0.717, 1.165) is 56.8 Å². The molecule has 0 saturated carbocycles. The highest BCUT2D eigenvalue weighted by Gasteiger charge is 2.23. The lowest BCUT2D eigenvalue weighted by atomic mass is 9.78. The van der Waals surface area contributed by atoms with Crippen molar-refractivity contribution in [1.29, 1.82) is 0 Å². The predicted molar refractivity (Wildman–Crippen MR) is 168 cm³/mol. The van der Waals surface area contributed by atoms with Crippen molar-refractivity contribution in [3.8, 4) is 34.5 Å². The molecule has 4 aromatic carbocycles. The van der Waals surface area contributed by atoms with Crippen LogP contribution in [-0.2, 0) is 5.41 Å². The van der Waals surface area contributed by atoms with Crippen LogP contribution in [0.1, 0.15) is 47.2 Å².